The van der Waals surface area contributed by atoms with Crippen LogP contribution >= 0.6 is 0 Å². The molecule has 0 aromatic rings. The van der Waals surface area contributed by atoms with E-state index in [1.807, 2.05) is 0 Å². The maximum atomic E-state index is 12.5. The van der Waals surface area contributed by atoms with Gasteiger partial charge in [-0.1, -0.05) is 0 Å². The molecule has 4 nitrogen and oxygen atoms in total. The average molecular weight is 267 g/mol. The number of hydrogen-bond donors (Lipinski definition) is 0. The molecule has 1 aliphatic heterocycles. The first-order valence-electron chi connectivity index (χ1n) is 5.76. The van der Waals surface area contributed by atoms with Crippen molar-refractivity contribution < 1.29 is 22.0 Å². The van der Waals surface area contributed by atoms with Crippen molar-refractivity contribution in [1.29, 1.82) is 0 Å². The van der Waals surface area contributed by atoms with Crippen LogP contribution < -0.4 is 0 Å². The van der Waals surface area contributed by atoms with E-state index in [-0.39, 0.29) is 18.2 Å². The van der Waals surface area contributed by atoms with Crippen molar-refractivity contribution in [2.75, 3.05) is 6.54 Å². The van der Waals surface area contributed by atoms with Gasteiger partial charge in [-0.05, 0) is 25.7 Å². The molecule has 1 saturated heterocycles. The Kier molecular flexibility index (Phi) is 3.49. The second kappa shape index (κ2) is 4.61. The summed E-state index contributed by atoms with van der Waals surface area (Å²) in [5.41, 5.74) is 0. The molecule has 0 aromatic carbocycles. The molecule has 1 saturated carbocycles. The van der Waals surface area contributed by atoms with Gasteiger partial charge in [-0.25, -0.2) is 8.42 Å². The summed E-state index contributed by atoms with van der Waals surface area (Å²) in [6, 6.07) is -0.538. The zero-order valence-electron chi connectivity index (χ0n) is 9.31. The number of sulfonamides is 1. The molecular formula is C10H15F2NO3S. The molecule has 17 heavy (non-hydrogen) atoms. The first kappa shape index (κ1) is 12.9. The van der Waals surface area contributed by atoms with E-state index >= 15 is 0 Å². The maximum Gasteiger partial charge on any atom is 0.350 e. The van der Waals surface area contributed by atoms with Crippen molar-refractivity contribution in [2.45, 2.75) is 43.9 Å². The third-order valence-electron chi connectivity index (χ3n) is 3.62. The Morgan fingerprint density at radius 2 is 1.94 bits per heavy atom. The van der Waals surface area contributed by atoms with Gasteiger partial charge in [0.1, 0.15) is 5.78 Å². The highest BCUT2D eigenvalue weighted by atomic mass is 32.2. The van der Waals surface area contributed by atoms with Gasteiger partial charge < -0.3 is 0 Å². The Balaban J connectivity index is 2.21. The number of ketones is 1. The number of rotatable bonds is 3. The van der Waals surface area contributed by atoms with Crippen LogP contribution in [0.4, 0.5) is 8.78 Å². The molecule has 2 atom stereocenters. The van der Waals surface area contributed by atoms with Crippen molar-refractivity contribution >= 4 is 15.8 Å². The smallest absolute Gasteiger partial charge is 0.299 e. The summed E-state index contributed by atoms with van der Waals surface area (Å²) in [5.74, 6) is -3.74. The molecule has 0 amide bonds. The molecule has 0 aromatic heterocycles. The lowest BCUT2D eigenvalue weighted by atomic mass is 9.96. The summed E-state index contributed by atoms with van der Waals surface area (Å²) >= 11 is 0. The monoisotopic (exact) mass is 267 g/mol. The Morgan fingerprint density at radius 3 is 2.47 bits per heavy atom. The Labute approximate surface area is 99.0 Å². The van der Waals surface area contributed by atoms with Crippen molar-refractivity contribution in [3.63, 3.8) is 0 Å². The van der Waals surface area contributed by atoms with Gasteiger partial charge in [0, 0.05) is 24.9 Å². The fraction of sp³-hybridized carbons (Fsp3) is 0.900. The Morgan fingerprint density at radius 1 is 1.24 bits per heavy atom. The van der Waals surface area contributed by atoms with E-state index in [0.717, 1.165) is 10.7 Å². The Bertz CT molecular complexity index is 410. The van der Waals surface area contributed by atoms with Gasteiger partial charge in [0.2, 0.25) is 0 Å². The lowest BCUT2D eigenvalue weighted by Gasteiger charge is -2.27. The fourth-order valence-electron chi connectivity index (χ4n) is 2.84. The second-order valence-corrected chi connectivity index (χ2v) is 6.45. The van der Waals surface area contributed by atoms with Crippen molar-refractivity contribution in [1.82, 2.24) is 4.31 Å². The van der Waals surface area contributed by atoms with Crippen LogP contribution in [-0.2, 0) is 14.8 Å². The fourth-order valence-corrected chi connectivity index (χ4v) is 4.05. The van der Waals surface area contributed by atoms with Crippen LogP contribution in [0.2, 0.25) is 0 Å². The van der Waals surface area contributed by atoms with E-state index in [0.29, 0.717) is 25.7 Å². The third kappa shape index (κ3) is 2.22. The van der Waals surface area contributed by atoms with E-state index in [4.69, 9.17) is 0 Å². The van der Waals surface area contributed by atoms with Gasteiger partial charge in [0.25, 0.3) is 10.0 Å². The molecular weight excluding hydrogens is 252 g/mol. The first-order valence-corrected chi connectivity index (χ1v) is 7.26. The number of carbonyl (C=O) groups excluding carboxylic acids is 1. The van der Waals surface area contributed by atoms with Crippen molar-refractivity contribution in [3.05, 3.63) is 0 Å². The van der Waals surface area contributed by atoms with E-state index in [1.54, 1.807) is 0 Å². The molecule has 0 radical (unpaired) electrons. The minimum atomic E-state index is -4.54. The zero-order chi connectivity index (χ0) is 12.6. The van der Waals surface area contributed by atoms with Crippen LogP contribution in [0.15, 0.2) is 0 Å². The molecule has 2 unspecified atom stereocenters. The highest BCUT2D eigenvalue weighted by Crippen LogP contribution is 2.35. The molecule has 2 rings (SSSR count). The standard InChI is InChI=1S/C10H15F2NO3S/c11-10(12)17(15,16)13-6-2-4-8(13)7-3-1-5-9(7)14/h7-8,10H,1-6H2. The molecule has 0 spiro atoms. The average Bonchev–Trinajstić information content (AvgIpc) is 2.84. The number of Topliss-reactive ketones (excluding diaryl/α,β-unsaturated/α-hetero) is 1. The largest absolute Gasteiger partial charge is 0.350 e. The number of alkyl halides is 2. The third-order valence-corrected chi connectivity index (χ3v) is 5.17. The summed E-state index contributed by atoms with van der Waals surface area (Å²) < 4.78 is 48.8. The summed E-state index contributed by atoms with van der Waals surface area (Å²) in [6.45, 7) is 0.112. The van der Waals surface area contributed by atoms with Crippen molar-refractivity contribution in [2.24, 2.45) is 5.92 Å². The molecule has 98 valence electrons. The highest BCUT2D eigenvalue weighted by molar-refractivity contribution is 7.89. The topological polar surface area (TPSA) is 54.5 Å². The molecule has 2 fully saturated rings. The minimum Gasteiger partial charge on any atom is -0.299 e. The summed E-state index contributed by atoms with van der Waals surface area (Å²) in [4.78, 5) is 11.6. The quantitative estimate of drug-likeness (QED) is 0.776. The van der Waals surface area contributed by atoms with Gasteiger partial charge in [-0.15, -0.1) is 0 Å². The van der Waals surface area contributed by atoms with E-state index in [1.165, 1.54) is 0 Å². The number of hydrogen-bond acceptors (Lipinski definition) is 3. The van der Waals surface area contributed by atoms with E-state index in [2.05, 4.69) is 0 Å². The van der Waals surface area contributed by atoms with Gasteiger partial charge >= 0.3 is 5.76 Å². The number of nitrogens with zero attached hydrogens (tertiary/aromatic N) is 1. The molecule has 2 aliphatic rings. The summed E-state index contributed by atoms with van der Waals surface area (Å²) in [5, 5.41) is 0. The summed E-state index contributed by atoms with van der Waals surface area (Å²) in [7, 11) is -4.54. The number of carbonyl (C=O) groups is 1. The van der Waals surface area contributed by atoms with Gasteiger partial charge in [0.05, 0.1) is 0 Å². The van der Waals surface area contributed by atoms with Crippen LogP contribution in [0, 0.1) is 5.92 Å². The molecule has 0 N–H and O–H groups in total. The van der Waals surface area contributed by atoms with E-state index in [9.17, 15) is 22.0 Å². The first-order chi connectivity index (χ1) is 7.94. The van der Waals surface area contributed by atoms with E-state index < -0.39 is 21.8 Å². The summed E-state index contributed by atoms with van der Waals surface area (Å²) in [6.07, 6.45) is 2.88. The lowest BCUT2D eigenvalue weighted by molar-refractivity contribution is -0.121. The molecule has 7 heteroatoms. The van der Waals surface area contributed by atoms with Gasteiger partial charge in [-0.3, -0.25) is 4.79 Å². The normalized spacial score (nSPS) is 31.6. The minimum absolute atomic E-state index is 0.0198. The Hall–Kier alpha value is -0.560. The zero-order valence-corrected chi connectivity index (χ0v) is 10.1. The van der Waals surface area contributed by atoms with Crippen LogP contribution in [0.3, 0.4) is 0 Å². The molecule has 1 heterocycles. The van der Waals surface area contributed by atoms with Crippen LogP contribution in [-0.4, -0.2) is 36.9 Å². The maximum absolute atomic E-state index is 12.5. The van der Waals surface area contributed by atoms with Gasteiger partial charge in [-0.2, -0.15) is 13.1 Å². The second-order valence-electron chi connectivity index (χ2n) is 4.59. The van der Waals surface area contributed by atoms with Crippen LogP contribution in [0.25, 0.3) is 0 Å². The van der Waals surface area contributed by atoms with Gasteiger partial charge in [0.15, 0.2) is 0 Å². The SMILES string of the molecule is O=C1CCCC1C1CCCN1S(=O)(=O)C(F)F. The predicted molar refractivity (Wildman–Crippen MR) is 57.0 cm³/mol. The van der Waals surface area contributed by atoms with Crippen LogP contribution in [0.1, 0.15) is 32.1 Å². The predicted octanol–water partition coefficient (Wildman–Crippen LogP) is 1.37. The highest BCUT2D eigenvalue weighted by Gasteiger charge is 2.45. The molecule has 0 bridgehead atoms. The van der Waals surface area contributed by atoms with Crippen LogP contribution in [0.5, 0.6) is 0 Å². The van der Waals surface area contributed by atoms with Crippen molar-refractivity contribution in [3.8, 4) is 0 Å². The molecule has 1 aliphatic carbocycles. The number of halogens is 2. The lowest BCUT2D eigenvalue weighted by Crippen LogP contribution is -2.43.